The summed E-state index contributed by atoms with van der Waals surface area (Å²) >= 11 is 6.65. The number of benzene rings is 2. The normalized spacial score (nSPS) is 23.3. The highest BCUT2D eigenvalue weighted by molar-refractivity contribution is 6.33. The quantitative estimate of drug-likeness (QED) is 0.150. The van der Waals surface area contributed by atoms with Gasteiger partial charge in [-0.1, -0.05) is 11.6 Å². The molecule has 0 radical (unpaired) electrons. The van der Waals surface area contributed by atoms with Crippen molar-refractivity contribution in [1.29, 1.82) is 0 Å². The number of aryl methyl sites for hydroxylation is 2. The van der Waals surface area contributed by atoms with Crippen molar-refractivity contribution in [3.63, 3.8) is 0 Å². The first kappa shape index (κ1) is 41.4. The highest BCUT2D eigenvalue weighted by Gasteiger charge is 2.51. The number of piperazine rings is 1. The second kappa shape index (κ2) is 16.2. The van der Waals surface area contributed by atoms with Crippen LogP contribution in [0.5, 0.6) is 5.75 Å². The Morgan fingerprint density at radius 3 is 2.56 bits per heavy atom. The number of aromatic nitrogens is 5. The summed E-state index contributed by atoms with van der Waals surface area (Å²) in [7, 11) is 3.48. The minimum Gasteiger partial charge on any atom is -0.480 e. The van der Waals surface area contributed by atoms with Crippen LogP contribution >= 0.6 is 11.6 Å². The van der Waals surface area contributed by atoms with Gasteiger partial charge in [-0.3, -0.25) is 29.3 Å². The number of fused-ring (bicyclic) bond motifs is 4. The Balaban J connectivity index is 0.789. The summed E-state index contributed by atoms with van der Waals surface area (Å²) in [6, 6.07) is 10.2. The van der Waals surface area contributed by atoms with Gasteiger partial charge in [-0.2, -0.15) is 10.1 Å². The van der Waals surface area contributed by atoms with Gasteiger partial charge >= 0.3 is 5.92 Å². The number of amides is 2. The molecule has 3 aromatic heterocycles. The highest BCUT2D eigenvalue weighted by Crippen LogP contribution is 2.46. The number of carbonyl (C=O) groups is 2. The molecule has 2 amide bonds. The van der Waals surface area contributed by atoms with Crippen LogP contribution in [0.3, 0.4) is 0 Å². The molecule has 2 aromatic carbocycles. The van der Waals surface area contributed by atoms with Crippen LogP contribution in [0.15, 0.2) is 47.4 Å². The van der Waals surface area contributed by atoms with E-state index in [0.717, 1.165) is 55.6 Å². The summed E-state index contributed by atoms with van der Waals surface area (Å²) in [6.45, 7) is 3.78. The van der Waals surface area contributed by atoms with Gasteiger partial charge in [0.05, 0.1) is 53.2 Å². The van der Waals surface area contributed by atoms with E-state index >= 15 is 8.78 Å². The van der Waals surface area contributed by atoms with E-state index in [1.165, 1.54) is 10.8 Å². The van der Waals surface area contributed by atoms with Gasteiger partial charge in [0.15, 0.2) is 12.4 Å². The number of hydrogen-bond donors (Lipinski definition) is 4. The third-order valence-electron chi connectivity index (χ3n) is 13.6. The van der Waals surface area contributed by atoms with Gasteiger partial charge in [-0.15, -0.1) is 0 Å². The minimum absolute atomic E-state index is 0.0874. The molecule has 4 fully saturated rings. The summed E-state index contributed by atoms with van der Waals surface area (Å²) < 4.78 is 39.1. The predicted molar refractivity (Wildman–Crippen MR) is 236 cm³/mol. The molecule has 5 aromatic rings. The van der Waals surface area contributed by atoms with Crippen molar-refractivity contribution in [1.82, 2.24) is 34.5 Å². The van der Waals surface area contributed by atoms with Gasteiger partial charge in [0.25, 0.3) is 5.56 Å². The lowest BCUT2D eigenvalue weighted by atomic mass is 9.92. The molecule has 1 unspecified atom stereocenters. The molecular weight excluding hydrogens is 836 g/mol. The van der Waals surface area contributed by atoms with E-state index in [1.807, 2.05) is 22.7 Å². The fourth-order valence-electron chi connectivity index (χ4n) is 9.93. The Hall–Kier alpha value is -5.59. The van der Waals surface area contributed by atoms with E-state index in [0.29, 0.717) is 78.7 Å². The number of ether oxygens (including phenoxy) is 1. The fourth-order valence-corrected chi connectivity index (χ4v) is 10.1. The van der Waals surface area contributed by atoms with Crippen LogP contribution < -0.4 is 36.0 Å². The minimum atomic E-state index is -3.15. The molecule has 0 spiro atoms. The second-order valence-corrected chi connectivity index (χ2v) is 18.1. The zero-order chi connectivity index (χ0) is 43.7. The molecule has 63 heavy (non-hydrogen) atoms. The molecule has 3 atom stereocenters. The molecule has 10 rings (SSSR count). The lowest BCUT2D eigenvalue weighted by molar-refractivity contribution is -0.134. The van der Waals surface area contributed by atoms with E-state index in [4.69, 9.17) is 26.4 Å². The monoisotopic (exact) mass is 885 g/mol. The molecule has 5 aliphatic rings. The molecule has 1 aliphatic carbocycles. The number of nitrogens with zero attached hydrogens (tertiary/aromatic N) is 8. The molecule has 7 heterocycles. The number of aliphatic hydroxyl groups excluding tert-OH is 1. The Labute approximate surface area is 366 Å². The van der Waals surface area contributed by atoms with Gasteiger partial charge in [-0.25, -0.2) is 13.8 Å². The first-order valence-electron chi connectivity index (χ1n) is 21.7. The number of rotatable bonds is 9. The summed E-state index contributed by atoms with van der Waals surface area (Å²) in [5.74, 6) is -3.20. The SMILES string of the molecule is Cn1nc(C2CCC(=O)NC2=O)c2ccc(N3CCC(CN4CCN(c5ncc(Cl)c(Nc6ccc7c(c6)c6c(c(=O)n7C)OCC(F)(F)[C@H](C7CC7)N6)n5)[C@@H](CO)C4)CC3)cc21. The Kier molecular flexibility index (Phi) is 10.6. The third-order valence-corrected chi connectivity index (χ3v) is 13.8. The molecule has 3 saturated heterocycles. The van der Waals surface area contributed by atoms with Crippen molar-refractivity contribution in [2.45, 2.75) is 62.4 Å². The fraction of sp³-hybridized carbons (Fsp3) is 0.500. The number of halogens is 3. The summed E-state index contributed by atoms with van der Waals surface area (Å²) in [5, 5.41) is 25.8. The van der Waals surface area contributed by atoms with Crippen LogP contribution in [0.25, 0.3) is 21.8 Å². The zero-order valence-electron chi connectivity index (χ0n) is 35.1. The smallest absolute Gasteiger partial charge is 0.301 e. The second-order valence-electron chi connectivity index (χ2n) is 17.7. The molecule has 16 nitrogen and oxygen atoms in total. The van der Waals surface area contributed by atoms with Crippen molar-refractivity contribution in [3.8, 4) is 5.75 Å². The lowest BCUT2D eigenvalue weighted by Gasteiger charge is -2.43. The molecule has 19 heteroatoms. The topological polar surface area (TPSA) is 175 Å². The van der Waals surface area contributed by atoms with Crippen molar-refractivity contribution < 1.29 is 28.2 Å². The maximum Gasteiger partial charge on any atom is 0.301 e. The van der Waals surface area contributed by atoms with Crippen LogP contribution in [-0.4, -0.2) is 117 Å². The Morgan fingerprint density at radius 2 is 1.79 bits per heavy atom. The number of pyridine rings is 1. The summed E-state index contributed by atoms with van der Waals surface area (Å²) in [5.41, 5.74) is 3.66. The zero-order valence-corrected chi connectivity index (χ0v) is 35.9. The maximum absolute atomic E-state index is 15.2. The van der Waals surface area contributed by atoms with Crippen molar-refractivity contribution in [3.05, 3.63) is 63.7 Å². The number of carbonyl (C=O) groups excluding carboxylic acids is 2. The van der Waals surface area contributed by atoms with E-state index < -0.39 is 30.0 Å². The van der Waals surface area contributed by atoms with Crippen molar-refractivity contribution >= 4 is 74.0 Å². The van der Waals surface area contributed by atoms with Crippen LogP contribution in [0.1, 0.15) is 50.1 Å². The van der Waals surface area contributed by atoms with Gasteiger partial charge in [0.1, 0.15) is 5.02 Å². The van der Waals surface area contributed by atoms with Crippen LogP contribution in [0.2, 0.25) is 5.02 Å². The summed E-state index contributed by atoms with van der Waals surface area (Å²) in [6.07, 6.45) is 5.71. The third kappa shape index (κ3) is 7.79. The van der Waals surface area contributed by atoms with E-state index in [2.05, 4.69) is 42.9 Å². The maximum atomic E-state index is 15.2. The Morgan fingerprint density at radius 1 is 0.984 bits per heavy atom. The van der Waals surface area contributed by atoms with Crippen LogP contribution in [-0.2, 0) is 23.7 Å². The molecule has 4 N–H and O–H groups in total. The van der Waals surface area contributed by atoms with Gasteiger partial charge in [0.2, 0.25) is 23.5 Å². The number of imide groups is 1. The van der Waals surface area contributed by atoms with Crippen LogP contribution in [0.4, 0.5) is 37.6 Å². The van der Waals surface area contributed by atoms with Crippen molar-refractivity contribution in [2.24, 2.45) is 25.9 Å². The number of aliphatic hydroxyl groups is 1. The molecular formula is C44H50ClF2N11O5. The van der Waals surface area contributed by atoms with E-state index in [-0.39, 0.29) is 46.8 Å². The summed E-state index contributed by atoms with van der Waals surface area (Å²) in [4.78, 5) is 53.8. The van der Waals surface area contributed by atoms with Crippen molar-refractivity contribution in [2.75, 3.05) is 72.9 Å². The number of alkyl halides is 2. The largest absolute Gasteiger partial charge is 0.480 e. The number of hydrogen-bond acceptors (Lipinski definition) is 13. The first-order valence-corrected chi connectivity index (χ1v) is 22.1. The molecule has 1 saturated carbocycles. The van der Waals surface area contributed by atoms with Gasteiger partial charge < -0.3 is 34.8 Å². The number of piperidine rings is 2. The molecule has 0 bridgehead atoms. The highest BCUT2D eigenvalue weighted by atomic mass is 35.5. The average molecular weight is 886 g/mol. The van der Waals surface area contributed by atoms with E-state index in [9.17, 15) is 19.5 Å². The average Bonchev–Trinajstić information content (AvgIpc) is 4.08. The van der Waals surface area contributed by atoms with E-state index in [1.54, 1.807) is 25.2 Å². The number of nitrogens with one attached hydrogen (secondary N) is 3. The van der Waals surface area contributed by atoms with Gasteiger partial charge in [-0.05, 0) is 80.3 Å². The lowest BCUT2D eigenvalue weighted by Crippen LogP contribution is -2.56. The number of anilines is 5. The Bertz CT molecular complexity index is 2680. The molecule has 4 aliphatic heterocycles. The predicted octanol–water partition coefficient (Wildman–Crippen LogP) is 4.75. The first-order chi connectivity index (χ1) is 30.3. The van der Waals surface area contributed by atoms with Crippen LogP contribution in [0, 0.1) is 11.8 Å². The molecule has 332 valence electrons. The van der Waals surface area contributed by atoms with Gasteiger partial charge in [0, 0.05) is 81.9 Å². The standard InChI is InChI=1S/C44H50ClF2N11O5/c1-54-33-9-5-26(17-31(33)37-38(42(54)62)63-23-44(46,47)39(51-37)25-3-4-25)49-40-32(45)19-48-43(52-40)58-16-15-56(21-28(58)22-59)20-24-11-13-57(14-12-24)27-6-7-29-34(18-27)55(2)53-36(29)30-8-10-35(60)50-41(30)61/h5-7,9,17-19,24-25,28,30,39,51,59H,3-4,8,10-16,20-23H2,1-2H3,(H,48,49,52)(H,50,60,61)/t28-,30?,39+/m1/s1.